The van der Waals surface area contributed by atoms with Gasteiger partial charge in [-0.3, -0.25) is 0 Å². The first-order valence-corrected chi connectivity index (χ1v) is 8.48. The monoisotopic (exact) mass is 366 g/mol. The fourth-order valence-corrected chi connectivity index (χ4v) is 3.22. The molecule has 0 amide bonds. The Morgan fingerprint density at radius 2 is 2.06 bits per heavy atom. The van der Waals surface area contributed by atoms with Crippen molar-refractivity contribution in [2.75, 3.05) is 19.8 Å². The van der Waals surface area contributed by atoms with Gasteiger partial charge in [0.1, 0.15) is 0 Å². The number of rotatable bonds is 10. The van der Waals surface area contributed by atoms with Gasteiger partial charge in [0.2, 0.25) is 0 Å². The fourth-order valence-electron chi connectivity index (χ4n) is 2.93. The zero-order valence-corrected chi connectivity index (χ0v) is 13.9. The molecule has 106 valence electrons. The van der Waals surface area contributed by atoms with Crippen molar-refractivity contribution in [3.05, 3.63) is 10.2 Å². The Morgan fingerprint density at radius 1 is 1.28 bits per heavy atom. The third kappa shape index (κ3) is 4.82. The van der Waals surface area contributed by atoms with Crippen molar-refractivity contribution >= 4 is 22.6 Å². The molecule has 0 aliphatic heterocycles. The van der Waals surface area contributed by atoms with E-state index in [9.17, 15) is 0 Å². The number of halogens is 1. The molecule has 0 N–H and O–H groups in total. The summed E-state index contributed by atoms with van der Waals surface area (Å²) >= 11 is 2.29. The van der Waals surface area contributed by atoms with Gasteiger partial charge in [0.05, 0.1) is 19.3 Å². The van der Waals surface area contributed by atoms with E-state index < -0.39 is 0 Å². The van der Waals surface area contributed by atoms with Crippen LogP contribution >= 0.6 is 22.6 Å². The molecule has 18 heavy (non-hydrogen) atoms. The zero-order chi connectivity index (χ0) is 13.3. The van der Waals surface area contributed by atoms with Gasteiger partial charge in [-0.2, -0.15) is 0 Å². The Bertz CT molecular complexity index is 237. The molecule has 0 spiro atoms. The normalized spacial score (nSPS) is 19.9. The van der Waals surface area contributed by atoms with Gasteiger partial charge in [-0.05, 0) is 42.1 Å². The smallest absolute Gasteiger partial charge is 0.0704 e. The van der Waals surface area contributed by atoms with E-state index in [0.29, 0.717) is 11.5 Å². The van der Waals surface area contributed by atoms with Crippen LogP contribution in [0.3, 0.4) is 0 Å². The molecule has 1 aliphatic carbocycles. The van der Waals surface area contributed by atoms with E-state index in [4.69, 9.17) is 9.47 Å². The number of hydrogen-bond acceptors (Lipinski definition) is 2. The summed E-state index contributed by atoms with van der Waals surface area (Å²) in [7, 11) is 0. The second-order valence-corrected chi connectivity index (χ2v) is 5.84. The highest BCUT2D eigenvalue weighted by Gasteiger charge is 2.43. The lowest BCUT2D eigenvalue weighted by atomic mass is 9.62. The van der Waals surface area contributed by atoms with Crippen LogP contribution in [0.25, 0.3) is 0 Å². The average molecular weight is 366 g/mol. The summed E-state index contributed by atoms with van der Waals surface area (Å²) in [6.45, 7) is 6.55. The molecule has 0 heterocycles. The highest BCUT2D eigenvalue weighted by Crippen LogP contribution is 2.49. The second-order valence-electron chi connectivity index (χ2n) is 5.12. The summed E-state index contributed by atoms with van der Waals surface area (Å²) in [5, 5.41) is 0. The van der Waals surface area contributed by atoms with Gasteiger partial charge in [0.25, 0.3) is 0 Å². The number of hydrogen-bond donors (Lipinski definition) is 0. The SMILES string of the molecule is CCCC1(C(CC=CI)OCCOCC)CCC1. The van der Waals surface area contributed by atoms with Gasteiger partial charge in [-0.1, -0.05) is 48.4 Å². The maximum atomic E-state index is 6.13. The number of ether oxygens (including phenoxy) is 2. The Hall–Kier alpha value is 0.390. The largest absolute Gasteiger partial charge is 0.379 e. The molecule has 0 aromatic rings. The van der Waals surface area contributed by atoms with Crippen molar-refractivity contribution in [3.8, 4) is 0 Å². The van der Waals surface area contributed by atoms with E-state index in [1.807, 2.05) is 6.92 Å². The van der Waals surface area contributed by atoms with Crippen molar-refractivity contribution in [2.24, 2.45) is 5.41 Å². The molecule has 1 fully saturated rings. The van der Waals surface area contributed by atoms with Crippen LogP contribution in [-0.2, 0) is 9.47 Å². The van der Waals surface area contributed by atoms with Gasteiger partial charge < -0.3 is 9.47 Å². The minimum atomic E-state index is 0.387. The molecule has 0 saturated heterocycles. The topological polar surface area (TPSA) is 18.5 Å². The van der Waals surface area contributed by atoms with Gasteiger partial charge in [-0.15, -0.1) is 0 Å². The minimum Gasteiger partial charge on any atom is -0.379 e. The van der Waals surface area contributed by atoms with Crippen LogP contribution in [0.15, 0.2) is 10.2 Å². The quantitative estimate of drug-likeness (QED) is 0.412. The van der Waals surface area contributed by atoms with E-state index in [1.54, 1.807) is 0 Å². The first-order valence-electron chi connectivity index (χ1n) is 7.23. The lowest BCUT2D eigenvalue weighted by Gasteiger charge is -2.47. The van der Waals surface area contributed by atoms with Crippen LogP contribution in [0.4, 0.5) is 0 Å². The summed E-state index contributed by atoms with van der Waals surface area (Å²) in [6, 6.07) is 0. The molecule has 1 atom stereocenters. The van der Waals surface area contributed by atoms with Crippen LogP contribution < -0.4 is 0 Å². The van der Waals surface area contributed by atoms with Crippen molar-refractivity contribution in [1.82, 2.24) is 0 Å². The van der Waals surface area contributed by atoms with E-state index in [0.717, 1.165) is 26.2 Å². The van der Waals surface area contributed by atoms with Gasteiger partial charge in [-0.25, -0.2) is 0 Å². The zero-order valence-electron chi connectivity index (χ0n) is 11.8. The van der Waals surface area contributed by atoms with Crippen molar-refractivity contribution in [3.63, 3.8) is 0 Å². The van der Waals surface area contributed by atoms with Gasteiger partial charge >= 0.3 is 0 Å². The Morgan fingerprint density at radius 3 is 2.56 bits per heavy atom. The van der Waals surface area contributed by atoms with Crippen LogP contribution in [0, 0.1) is 5.41 Å². The third-order valence-corrected chi connectivity index (χ3v) is 4.48. The van der Waals surface area contributed by atoms with Crippen LogP contribution in [0.2, 0.25) is 0 Å². The predicted molar refractivity (Wildman–Crippen MR) is 85.2 cm³/mol. The average Bonchev–Trinajstić information content (AvgIpc) is 2.33. The van der Waals surface area contributed by atoms with Crippen LogP contribution in [0.1, 0.15) is 52.4 Å². The molecular weight excluding hydrogens is 339 g/mol. The summed E-state index contributed by atoms with van der Waals surface area (Å²) in [6.07, 6.45) is 10.3. The molecular formula is C15H27IO2. The summed E-state index contributed by atoms with van der Waals surface area (Å²) < 4.78 is 13.6. The fraction of sp³-hybridized carbons (Fsp3) is 0.867. The maximum Gasteiger partial charge on any atom is 0.0704 e. The van der Waals surface area contributed by atoms with Crippen molar-refractivity contribution in [1.29, 1.82) is 0 Å². The molecule has 1 saturated carbocycles. The molecule has 1 unspecified atom stereocenters. The Kier molecular flexibility index (Phi) is 8.51. The predicted octanol–water partition coefficient (Wildman–Crippen LogP) is 4.72. The molecule has 3 heteroatoms. The van der Waals surface area contributed by atoms with E-state index in [-0.39, 0.29) is 0 Å². The van der Waals surface area contributed by atoms with Gasteiger partial charge in [0.15, 0.2) is 0 Å². The summed E-state index contributed by atoms with van der Waals surface area (Å²) in [5.41, 5.74) is 0.455. The van der Waals surface area contributed by atoms with E-state index in [1.165, 1.54) is 32.1 Å². The Labute approximate surface area is 126 Å². The molecule has 0 bridgehead atoms. The minimum absolute atomic E-state index is 0.387. The first kappa shape index (κ1) is 16.4. The maximum absolute atomic E-state index is 6.13. The Balaban J connectivity index is 2.47. The van der Waals surface area contributed by atoms with Crippen molar-refractivity contribution in [2.45, 2.75) is 58.5 Å². The van der Waals surface area contributed by atoms with E-state index in [2.05, 4.69) is 39.7 Å². The lowest BCUT2D eigenvalue weighted by Crippen LogP contribution is -2.43. The standard InChI is InChI=1S/C15H27IO2/c1-3-8-15(9-6-10-15)14(7-5-11-16)18-13-12-17-4-2/h5,11,14H,3-4,6-10,12-13H2,1-2H3. The molecule has 1 rings (SSSR count). The lowest BCUT2D eigenvalue weighted by molar-refractivity contribution is -0.0965. The first-order chi connectivity index (χ1) is 8.79. The van der Waals surface area contributed by atoms with E-state index >= 15 is 0 Å². The molecule has 0 aromatic carbocycles. The molecule has 0 aromatic heterocycles. The van der Waals surface area contributed by atoms with Crippen LogP contribution in [0.5, 0.6) is 0 Å². The van der Waals surface area contributed by atoms with Crippen molar-refractivity contribution < 1.29 is 9.47 Å². The van der Waals surface area contributed by atoms with Gasteiger partial charge in [0, 0.05) is 6.61 Å². The summed E-state index contributed by atoms with van der Waals surface area (Å²) in [4.78, 5) is 0. The third-order valence-electron chi connectivity index (χ3n) is 3.97. The summed E-state index contributed by atoms with van der Waals surface area (Å²) in [5.74, 6) is 0. The highest BCUT2D eigenvalue weighted by molar-refractivity contribution is 14.1. The highest BCUT2D eigenvalue weighted by atomic mass is 127. The second kappa shape index (κ2) is 9.32. The molecule has 2 nitrogen and oxygen atoms in total. The molecule has 0 radical (unpaired) electrons. The molecule has 1 aliphatic rings. The van der Waals surface area contributed by atoms with Crippen LogP contribution in [-0.4, -0.2) is 25.9 Å².